The van der Waals surface area contributed by atoms with Crippen molar-refractivity contribution in [3.05, 3.63) is 51.8 Å². The number of H-pyrrole nitrogens is 1. The molecule has 0 saturated heterocycles. The summed E-state index contributed by atoms with van der Waals surface area (Å²) in [6.07, 6.45) is 5.48. The van der Waals surface area contributed by atoms with Gasteiger partial charge in [0.1, 0.15) is 5.69 Å². The van der Waals surface area contributed by atoms with E-state index in [0.29, 0.717) is 5.57 Å². The van der Waals surface area contributed by atoms with Crippen LogP contribution in [0.25, 0.3) is 11.6 Å². The molecule has 4 rings (SSSR count). The standard InChI is InChI=1S/C19H18N2O3/c1-10-5-4-8-14-16(10)13(18(22)21-14)9-15-11-6-2-3-7-12(11)17(20-15)19(23)24/h4-5,8-9,20H,2-3,6-7H2,1H3,(H,21,22)(H,23,24). The van der Waals surface area contributed by atoms with Gasteiger partial charge in [0.2, 0.25) is 0 Å². The Hall–Kier alpha value is -2.82. The van der Waals surface area contributed by atoms with E-state index >= 15 is 0 Å². The summed E-state index contributed by atoms with van der Waals surface area (Å²) in [6.45, 7) is 1.97. The fraction of sp³-hybridized carbons (Fsp3) is 0.263. The zero-order valence-corrected chi connectivity index (χ0v) is 13.4. The minimum absolute atomic E-state index is 0.143. The number of rotatable bonds is 2. The predicted molar refractivity (Wildman–Crippen MR) is 92.1 cm³/mol. The van der Waals surface area contributed by atoms with Crippen molar-refractivity contribution in [2.75, 3.05) is 5.32 Å². The molecule has 0 saturated carbocycles. The number of anilines is 1. The van der Waals surface area contributed by atoms with E-state index in [2.05, 4.69) is 10.3 Å². The van der Waals surface area contributed by atoms with Crippen LogP contribution in [-0.4, -0.2) is 22.0 Å². The molecule has 0 atom stereocenters. The Kier molecular flexibility index (Phi) is 3.30. The molecule has 1 aliphatic heterocycles. The SMILES string of the molecule is Cc1cccc2c1C(=Cc1[nH]c(C(=O)O)c3c1CCCC3)C(=O)N2. The van der Waals surface area contributed by atoms with Crippen molar-refractivity contribution < 1.29 is 14.7 Å². The highest BCUT2D eigenvalue weighted by atomic mass is 16.4. The number of nitrogens with one attached hydrogen (secondary N) is 2. The minimum Gasteiger partial charge on any atom is -0.477 e. The first-order chi connectivity index (χ1) is 11.6. The first kappa shape index (κ1) is 14.8. The number of carboxylic acids is 1. The Balaban J connectivity index is 1.89. The van der Waals surface area contributed by atoms with Crippen molar-refractivity contribution in [2.24, 2.45) is 0 Å². The molecule has 2 heterocycles. The minimum atomic E-state index is -0.940. The summed E-state index contributed by atoms with van der Waals surface area (Å²) < 4.78 is 0. The number of amides is 1. The number of benzene rings is 1. The Morgan fingerprint density at radius 2 is 1.96 bits per heavy atom. The molecule has 2 aliphatic rings. The van der Waals surface area contributed by atoms with E-state index in [1.165, 1.54) is 0 Å². The fourth-order valence-electron chi connectivity index (χ4n) is 3.78. The summed E-state index contributed by atoms with van der Waals surface area (Å²) in [4.78, 5) is 26.9. The highest BCUT2D eigenvalue weighted by Gasteiger charge is 2.28. The van der Waals surface area contributed by atoms with Crippen molar-refractivity contribution in [3.8, 4) is 0 Å². The fourth-order valence-corrected chi connectivity index (χ4v) is 3.78. The number of hydrogen-bond acceptors (Lipinski definition) is 2. The maximum absolute atomic E-state index is 12.4. The van der Waals surface area contributed by atoms with Crippen LogP contribution in [0.5, 0.6) is 0 Å². The molecule has 24 heavy (non-hydrogen) atoms. The van der Waals surface area contributed by atoms with E-state index in [9.17, 15) is 14.7 Å². The molecule has 5 heteroatoms. The summed E-state index contributed by atoms with van der Waals surface area (Å²) >= 11 is 0. The van der Waals surface area contributed by atoms with E-state index < -0.39 is 5.97 Å². The Morgan fingerprint density at radius 1 is 1.21 bits per heavy atom. The van der Waals surface area contributed by atoms with Gasteiger partial charge in [0.25, 0.3) is 5.91 Å². The molecular weight excluding hydrogens is 304 g/mol. The van der Waals surface area contributed by atoms with Gasteiger partial charge in [-0.2, -0.15) is 0 Å². The number of hydrogen-bond donors (Lipinski definition) is 3. The van der Waals surface area contributed by atoms with Crippen molar-refractivity contribution in [3.63, 3.8) is 0 Å². The van der Waals surface area contributed by atoms with Gasteiger partial charge < -0.3 is 15.4 Å². The molecular formula is C19H18N2O3. The molecule has 0 unspecified atom stereocenters. The highest BCUT2D eigenvalue weighted by molar-refractivity contribution is 6.35. The van der Waals surface area contributed by atoms with E-state index in [1.54, 1.807) is 0 Å². The summed E-state index contributed by atoms with van der Waals surface area (Å²) in [5.74, 6) is -1.08. The van der Waals surface area contributed by atoms with Gasteiger partial charge in [-0.3, -0.25) is 4.79 Å². The third-order valence-corrected chi connectivity index (χ3v) is 4.89. The second kappa shape index (κ2) is 5.37. The zero-order chi connectivity index (χ0) is 16.8. The van der Waals surface area contributed by atoms with E-state index in [0.717, 1.165) is 59.3 Å². The molecule has 1 amide bonds. The molecule has 0 fully saturated rings. The maximum atomic E-state index is 12.4. The van der Waals surface area contributed by atoms with E-state index in [1.807, 2.05) is 31.2 Å². The van der Waals surface area contributed by atoms with Crippen LogP contribution < -0.4 is 5.32 Å². The second-order valence-electron chi connectivity index (χ2n) is 6.39. The van der Waals surface area contributed by atoms with Gasteiger partial charge in [-0.25, -0.2) is 4.79 Å². The normalized spacial score (nSPS) is 17.5. The van der Waals surface area contributed by atoms with Crippen LogP contribution in [0.1, 0.15) is 51.3 Å². The number of carboxylic acid groups (broad SMARTS) is 1. The van der Waals surface area contributed by atoms with Crippen molar-refractivity contribution in [1.82, 2.24) is 4.98 Å². The molecule has 5 nitrogen and oxygen atoms in total. The largest absolute Gasteiger partial charge is 0.477 e. The second-order valence-corrected chi connectivity index (χ2v) is 6.39. The molecule has 122 valence electrons. The van der Waals surface area contributed by atoms with Crippen LogP contribution in [-0.2, 0) is 17.6 Å². The molecule has 3 N–H and O–H groups in total. The molecule has 0 radical (unpaired) electrons. The zero-order valence-electron chi connectivity index (χ0n) is 13.4. The lowest BCUT2D eigenvalue weighted by molar-refractivity contribution is -0.110. The number of aryl methyl sites for hydroxylation is 1. The Bertz CT molecular complexity index is 906. The molecule has 1 aromatic carbocycles. The number of carbonyl (C=O) groups excluding carboxylic acids is 1. The lowest BCUT2D eigenvalue weighted by atomic mass is 9.91. The lowest BCUT2D eigenvalue weighted by Gasteiger charge is -2.12. The first-order valence-corrected chi connectivity index (χ1v) is 8.16. The molecule has 2 aromatic rings. The monoisotopic (exact) mass is 322 g/mol. The highest BCUT2D eigenvalue weighted by Crippen LogP contribution is 2.37. The average Bonchev–Trinajstić information content (AvgIpc) is 3.08. The van der Waals surface area contributed by atoms with E-state index in [-0.39, 0.29) is 11.6 Å². The smallest absolute Gasteiger partial charge is 0.352 e. The molecule has 0 bridgehead atoms. The summed E-state index contributed by atoms with van der Waals surface area (Å²) in [5, 5.41) is 12.3. The third kappa shape index (κ3) is 2.16. The number of aromatic carboxylic acids is 1. The van der Waals surface area contributed by atoms with Crippen LogP contribution >= 0.6 is 0 Å². The van der Waals surface area contributed by atoms with Gasteiger partial charge in [-0.15, -0.1) is 0 Å². The van der Waals surface area contributed by atoms with Gasteiger partial charge in [0.15, 0.2) is 0 Å². The molecule has 1 aliphatic carbocycles. The summed E-state index contributed by atoms with van der Waals surface area (Å²) in [6, 6.07) is 5.77. The molecule has 0 spiro atoms. The summed E-state index contributed by atoms with van der Waals surface area (Å²) in [5.41, 5.74) is 6.28. The van der Waals surface area contributed by atoms with Gasteiger partial charge >= 0.3 is 5.97 Å². The Labute approximate surface area is 139 Å². The number of aromatic nitrogens is 1. The van der Waals surface area contributed by atoms with Gasteiger partial charge in [-0.1, -0.05) is 12.1 Å². The number of carbonyl (C=O) groups is 2. The topological polar surface area (TPSA) is 82.2 Å². The maximum Gasteiger partial charge on any atom is 0.352 e. The van der Waals surface area contributed by atoms with Crippen LogP contribution in [0.15, 0.2) is 18.2 Å². The van der Waals surface area contributed by atoms with Crippen LogP contribution in [0, 0.1) is 6.92 Å². The van der Waals surface area contributed by atoms with Crippen LogP contribution in [0.3, 0.4) is 0 Å². The van der Waals surface area contributed by atoms with Crippen molar-refractivity contribution in [1.29, 1.82) is 0 Å². The Morgan fingerprint density at radius 3 is 2.71 bits per heavy atom. The van der Waals surface area contributed by atoms with Gasteiger partial charge in [0.05, 0.1) is 5.57 Å². The predicted octanol–water partition coefficient (Wildman–Crippen LogP) is 3.39. The lowest BCUT2D eigenvalue weighted by Crippen LogP contribution is -2.06. The third-order valence-electron chi connectivity index (χ3n) is 4.89. The van der Waals surface area contributed by atoms with Crippen LogP contribution in [0.2, 0.25) is 0 Å². The quantitative estimate of drug-likeness (QED) is 0.741. The van der Waals surface area contributed by atoms with Crippen LogP contribution in [0.4, 0.5) is 5.69 Å². The first-order valence-electron chi connectivity index (χ1n) is 8.16. The summed E-state index contributed by atoms with van der Waals surface area (Å²) in [7, 11) is 0. The van der Waals surface area contributed by atoms with Crippen molar-refractivity contribution >= 4 is 29.2 Å². The molecule has 1 aromatic heterocycles. The van der Waals surface area contributed by atoms with Crippen molar-refractivity contribution in [2.45, 2.75) is 32.6 Å². The number of fused-ring (bicyclic) bond motifs is 2. The van der Waals surface area contributed by atoms with E-state index in [4.69, 9.17) is 0 Å². The van der Waals surface area contributed by atoms with Gasteiger partial charge in [-0.05, 0) is 61.4 Å². The number of aromatic amines is 1. The average molecular weight is 322 g/mol. The van der Waals surface area contributed by atoms with Gasteiger partial charge in [0, 0.05) is 16.9 Å².